The second kappa shape index (κ2) is 10.3. The van der Waals surface area contributed by atoms with Crippen molar-refractivity contribution in [3.63, 3.8) is 0 Å². The maximum absolute atomic E-state index is 12.3. The van der Waals surface area contributed by atoms with Gasteiger partial charge in [0, 0.05) is 31.4 Å². The van der Waals surface area contributed by atoms with Crippen LogP contribution >= 0.6 is 11.8 Å². The summed E-state index contributed by atoms with van der Waals surface area (Å²) in [6.07, 6.45) is 2.25. The lowest BCUT2D eigenvalue weighted by molar-refractivity contribution is 0.172. The van der Waals surface area contributed by atoms with Gasteiger partial charge >= 0.3 is 6.03 Å². The number of amides is 2. The number of likely N-dealkylation sites (N-methyl/N-ethyl adjacent to an activating group) is 1. The molecule has 0 aromatic heterocycles. The molecule has 5 heteroatoms. The molecule has 4 nitrogen and oxygen atoms in total. The smallest absolute Gasteiger partial charge is 0.317 e. The van der Waals surface area contributed by atoms with Gasteiger partial charge in [0.05, 0.1) is 0 Å². The largest absolute Gasteiger partial charge is 0.336 e. The van der Waals surface area contributed by atoms with Gasteiger partial charge in [-0.25, -0.2) is 4.79 Å². The van der Waals surface area contributed by atoms with Crippen molar-refractivity contribution in [1.82, 2.24) is 15.1 Å². The number of rotatable bonds is 7. The van der Waals surface area contributed by atoms with Crippen molar-refractivity contribution < 1.29 is 4.79 Å². The van der Waals surface area contributed by atoms with Gasteiger partial charge in [-0.05, 0) is 37.6 Å². The Kier molecular flexibility index (Phi) is 9.16. The topological polar surface area (TPSA) is 35.6 Å². The molecule has 1 saturated heterocycles. The maximum atomic E-state index is 12.3. The van der Waals surface area contributed by atoms with Crippen molar-refractivity contribution in [2.24, 2.45) is 5.92 Å². The van der Waals surface area contributed by atoms with Crippen LogP contribution in [0.5, 0.6) is 0 Å². The summed E-state index contributed by atoms with van der Waals surface area (Å²) < 4.78 is 0. The molecule has 0 aliphatic carbocycles. The van der Waals surface area contributed by atoms with Crippen LogP contribution in [0.4, 0.5) is 4.79 Å². The SMILES string of the molecule is CCN(CC)C(CNC(=O)N1CCCSCC1)CC(C)C. The van der Waals surface area contributed by atoms with Crippen LogP contribution in [0, 0.1) is 5.92 Å². The molecule has 1 heterocycles. The number of carbonyl (C=O) groups is 1. The molecule has 21 heavy (non-hydrogen) atoms. The molecule has 1 N–H and O–H groups in total. The van der Waals surface area contributed by atoms with Crippen molar-refractivity contribution in [2.45, 2.75) is 46.6 Å². The lowest BCUT2D eigenvalue weighted by Gasteiger charge is -2.32. The Morgan fingerprint density at radius 1 is 1.24 bits per heavy atom. The minimum Gasteiger partial charge on any atom is -0.336 e. The zero-order chi connectivity index (χ0) is 15.7. The van der Waals surface area contributed by atoms with Gasteiger partial charge in [-0.2, -0.15) is 11.8 Å². The molecule has 0 aromatic rings. The van der Waals surface area contributed by atoms with E-state index >= 15 is 0 Å². The number of hydrogen-bond acceptors (Lipinski definition) is 3. The van der Waals surface area contributed by atoms with Gasteiger partial charge in [0.1, 0.15) is 0 Å². The van der Waals surface area contributed by atoms with Crippen LogP contribution in [-0.2, 0) is 0 Å². The van der Waals surface area contributed by atoms with Crippen molar-refractivity contribution >= 4 is 17.8 Å². The first kappa shape index (κ1) is 18.6. The standard InChI is InChI=1S/C16H33N3OS/c1-5-18(6-2)15(12-14(3)4)13-17-16(20)19-8-7-10-21-11-9-19/h14-15H,5-13H2,1-4H3,(H,17,20). The van der Waals surface area contributed by atoms with Gasteiger partial charge in [0.2, 0.25) is 0 Å². The molecule has 2 amide bonds. The van der Waals surface area contributed by atoms with Gasteiger partial charge in [-0.1, -0.05) is 27.7 Å². The summed E-state index contributed by atoms with van der Waals surface area (Å²) in [5.74, 6) is 2.90. The van der Waals surface area contributed by atoms with Gasteiger partial charge in [-0.3, -0.25) is 4.90 Å². The highest BCUT2D eigenvalue weighted by atomic mass is 32.2. The highest BCUT2D eigenvalue weighted by Gasteiger charge is 2.20. The predicted molar refractivity (Wildman–Crippen MR) is 93.1 cm³/mol. The fourth-order valence-electron chi connectivity index (χ4n) is 2.91. The van der Waals surface area contributed by atoms with Crippen molar-refractivity contribution in [3.8, 4) is 0 Å². The van der Waals surface area contributed by atoms with Crippen LogP contribution in [0.3, 0.4) is 0 Å². The number of carbonyl (C=O) groups excluding carboxylic acids is 1. The average Bonchev–Trinajstić information content (AvgIpc) is 2.74. The van der Waals surface area contributed by atoms with E-state index in [4.69, 9.17) is 0 Å². The molecule has 1 aliphatic heterocycles. The second-order valence-electron chi connectivity index (χ2n) is 6.14. The number of hydrogen-bond donors (Lipinski definition) is 1. The van der Waals surface area contributed by atoms with Crippen molar-refractivity contribution in [3.05, 3.63) is 0 Å². The summed E-state index contributed by atoms with van der Waals surface area (Å²) in [4.78, 5) is 16.8. The fourth-order valence-corrected chi connectivity index (χ4v) is 3.80. The summed E-state index contributed by atoms with van der Waals surface area (Å²) in [6, 6.07) is 0.573. The first-order valence-electron chi connectivity index (χ1n) is 8.43. The fraction of sp³-hybridized carbons (Fsp3) is 0.938. The zero-order valence-corrected chi connectivity index (χ0v) is 15.0. The molecule has 0 saturated carbocycles. The van der Waals surface area contributed by atoms with Gasteiger partial charge in [0.15, 0.2) is 0 Å². The Labute approximate surface area is 135 Å². The van der Waals surface area contributed by atoms with E-state index in [9.17, 15) is 4.79 Å². The molecule has 1 fully saturated rings. The van der Waals surface area contributed by atoms with E-state index in [1.807, 2.05) is 16.7 Å². The molecular weight excluding hydrogens is 282 g/mol. The lowest BCUT2D eigenvalue weighted by Crippen LogP contribution is -2.48. The zero-order valence-electron chi connectivity index (χ0n) is 14.2. The molecule has 1 rings (SSSR count). The third-order valence-corrected chi connectivity index (χ3v) is 5.12. The van der Waals surface area contributed by atoms with E-state index in [-0.39, 0.29) is 6.03 Å². The second-order valence-corrected chi connectivity index (χ2v) is 7.37. The Morgan fingerprint density at radius 2 is 1.95 bits per heavy atom. The predicted octanol–water partition coefficient (Wildman–Crippen LogP) is 2.89. The van der Waals surface area contributed by atoms with E-state index in [0.29, 0.717) is 12.0 Å². The number of nitrogens with zero attached hydrogens (tertiary/aromatic N) is 2. The van der Waals surface area contributed by atoms with Crippen LogP contribution in [0.1, 0.15) is 40.5 Å². The molecular formula is C16H33N3OS. The summed E-state index contributed by atoms with van der Waals surface area (Å²) >= 11 is 1.95. The molecule has 1 aliphatic rings. The first-order valence-corrected chi connectivity index (χ1v) is 9.58. The quantitative estimate of drug-likeness (QED) is 0.784. The third kappa shape index (κ3) is 6.92. The number of thioether (sulfide) groups is 1. The Hall–Kier alpha value is -0.420. The molecule has 1 unspecified atom stereocenters. The van der Waals surface area contributed by atoms with Crippen LogP contribution in [0.2, 0.25) is 0 Å². The van der Waals surface area contributed by atoms with Crippen LogP contribution in [-0.4, -0.2) is 66.1 Å². The van der Waals surface area contributed by atoms with Gasteiger partial charge in [-0.15, -0.1) is 0 Å². The highest BCUT2D eigenvalue weighted by molar-refractivity contribution is 7.99. The van der Waals surface area contributed by atoms with E-state index in [2.05, 4.69) is 37.9 Å². The minimum absolute atomic E-state index is 0.124. The normalized spacial score (nSPS) is 17.9. The van der Waals surface area contributed by atoms with Gasteiger partial charge < -0.3 is 10.2 Å². The van der Waals surface area contributed by atoms with E-state index in [1.165, 1.54) is 5.75 Å². The van der Waals surface area contributed by atoms with Crippen LogP contribution in [0.25, 0.3) is 0 Å². The Bertz CT molecular complexity index is 287. The molecule has 1 atom stereocenters. The number of nitrogens with one attached hydrogen (secondary N) is 1. The molecule has 0 radical (unpaired) electrons. The third-order valence-electron chi connectivity index (χ3n) is 4.07. The maximum Gasteiger partial charge on any atom is 0.317 e. The Morgan fingerprint density at radius 3 is 2.57 bits per heavy atom. The van der Waals surface area contributed by atoms with Crippen LogP contribution in [0.15, 0.2) is 0 Å². The summed E-state index contributed by atoms with van der Waals surface area (Å²) in [6.45, 7) is 13.6. The Balaban J connectivity index is 2.48. The monoisotopic (exact) mass is 315 g/mol. The van der Waals surface area contributed by atoms with Crippen LogP contribution < -0.4 is 5.32 Å². The summed E-state index contributed by atoms with van der Waals surface area (Å²) in [5.41, 5.74) is 0. The number of urea groups is 1. The lowest BCUT2D eigenvalue weighted by atomic mass is 10.0. The molecule has 0 bridgehead atoms. The summed E-state index contributed by atoms with van der Waals surface area (Å²) in [5, 5.41) is 3.17. The molecule has 0 aromatic carbocycles. The van der Waals surface area contributed by atoms with E-state index in [1.54, 1.807) is 0 Å². The first-order chi connectivity index (χ1) is 10.1. The molecule has 0 spiro atoms. The highest BCUT2D eigenvalue weighted by Crippen LogP contribution is 2.12. The van der Waals surface area contributed by atoms with Crippen molar-refractivity contribution in [2.75, 3.05) is 44.2 Å². The molecule has 124 valence electrons. The average molecular weight is 316 g/mol. The summed E-state index contributed by atoms with van der Waals surface area (Å²) in [7, 11) is 0. The van der Waals surface area contributed by atoms with Gasteiger partial charge in [0.25, 0.3) is 0 Å². The van der Waals surface area contributed by atoms with E-state index in [0.717, 1.165) is 51.3 Å². The minimum atomic E-state index is 0.124. The van der Waals surface area contributed by atoms with Crippen molar-refractivity contribution in [1.29, 1.82) is 0 Å². The van der Waals surface area contributed by atoms with E-state index < -0.39 is 0 Å².